The van der Waals surface area contributed by atoms with Gasteiger partial charge >= 0.3 is 12.4 Å². The summed E-state index contributed by atoms with van der Waals surface area (Å²) in [6.07, 6.45) is -9.64. The first-order valence-corrected chi connectivity index (χ1v) is 15.9. The highest BCUT2D eigenvalue weighted by Crippen LogP contribution is 2.49. The fourth-order valence-electron chi connectivity index (χ4n) is 7.24. The minimum Gasteiger partial charge on any atom is -0.277 e. The summed E-state index contributed by atoms with van der Waals surface area (Å²) in [6.45, 7) is 9.11. The number of amides is 4. The van der Waals surface area contributed by atoms with Crippen molar-refractivity contribution < 1.29 is 45.5 Å². The van der Waals surface area contributed by atoms with Crippen molar-refractivity contribution in [2.45, 2.75) is 65.2 Å². The first-order chi connectivity index (χ1) is 23.6. The molecule has 0 bridgehead atoms. The maximum absolute atomic E-state index is 15.0. The number of nitrogens with zero attached hydrogens (tertiary/aromatic N) is 2. The maximum atomic E-state index is 15.0. The molecule has 0 aliphatic carbocycles. The second-order valence-corrected chi connectivity index (χ2v) is 13.5. The van der Waals surface area contributed by atoms with Crippen LogP contribution in [-0.4, -0.2) is 47.9 Å². The van der Waals surface area contributed by atoms with E-state index in [1.165, 1.54) is 45.2 Å². The Kier molecular flexibility index (Phi) is 8.12. The Morgan fingerprint density at radius 3 is 1.39 bits per heavy atom. The normalized spacial score (nSPS) is 16.5. The zero-order valence-corrected chi connectivity index (χ0v) is 28.6. The van der Waals surface area contributed by atoms with Crippen molar-refractivity contribution in [2.75, 3.05) is 11.9 Å². The number of hydrogen-bond donors (Lipinski definition) is 0. The third-order valence-electron chi connectivity index (χ3n) is 10.4. The molecule has 6 rings (SSSR count). The number of carbonyl (C=O) groups excluding carboxylic acids is 4. The molecule has 0 fully saturated rings. The number of alkyl halides is 6. The van der Waals surface area contributed by atoms with Crippen LogP contribution in [-0.2, 0) is 5.41 Å². The van der Waals surface area contributed by atoms with Crippen LogP contribution < -0.4 is 4.90 Å². The molecule has 0 spiro atoms. The molecule has 2 aliphatic rings. The summed E-state index contributed by atoms with van der Waals surface area (Å²) < 4.78 is 89.0. The van der Waals surface area contributed by atoms with Crippen LogP contribution >= 0.6 is 0 Å². The molecule has 6 nitrogen and oxygen atoms in total. The number of rotatable bonds is 5. The van der Waals surface area contributed by atoms with Crippen molar-refractivity contribution in [3.63, 3.8) is 0 Å². The molecule has 12 heteroatoms. The van der Waals surface area contributed by atoms with Gasteiger partial charge in [-0.1, -0.05) is 36.4 Å². The van der Waals surface area contributed by atoms with Gasteiger partial charge in [0.1, 0.15) is 11.3 Å². The molecule has 0 N–H and O–H groups in total. The van der Waals surface area contributed by atoms with Gasteiger partial charge in [-0.25, -0.2) is 4.90 Å². The average Bonchev–Trinajstić information content (AvgIpc) is 3.41. The monoisotopic (exact) mass is 706 g/mol. The smallest absolute Gasteiger partial charge is 0.277 e. The predicted molar refractivity (Wildman–Crippen MR) is 177 cm³/mol. The van der Waals surface area contributed by atoms with E-state index in [9.17, 15) is 32.3 Å². The number of anilines is 1. The van der Waals surface area contributed by atoms with E-state index in [1.54, 1.807) is 13.8 Å². The van der Waals surface area contributed by atoms with E-state index < -0.39 is 52.9 Å². The number of aryl methyl sites for hydroxylation is 4. The lowest BCUT2D eigenvalue weighted by atomic mass is 9.74. The van der Waals surface area contributed by atoms with Crippen molar-refractivity contribution >= 4 is 29.3 Å². The van der Waals surface area contributed by atoms with Crippen molar-refractivity contribution in [1.29, 1.82) is 0 Å². The van der Waals surface area contributed by atoms with Gasteiger partial charge in [0.2, 0.25) is 0 Å². The van der Waals surface area contributed by atoms with Gasteiger partial charge in [-0.15, -0.1) is 0 Å². The Balaban J connectivity index is 1.42. The zero-order chi connectivity index (χ0) is 37.7. The molecule has 0 aromatic heterocycles. The molecule has 4 amide bonds. The fraction of sp³-hybridized carbons (Fsp3) is 0.282. The first kappa shape index (κ1) is 35.6. The van der Waals surface area contributed by atoms with Gasteiger partial charge in [-0.3, -0.25) is 24.1 Å². The van der Waals surface area contributed by atoms with Gasteiger partial charge in [-0.2, -0.15) is 26.3 Å². The predicted octanol–water partition coefficient (Wildman–Crippen LogP) is 8.82. The molecule has 2 aliphatic heterocycles. The van der Waals surface area contributed by atoms with E-state index in [2.05, 4.69) is 0 Å². The van der Waals surface area contributed by atoms with Crippen LogP contribution in [0.25, 0.3) is 0 Å². The van der Waals surface area contributed by atoms with Crippen LogP contribution in [0.4, 0.5) is 32.0 Å². The van der Waals surface area contributed by atoms with Crippen LogP contribution in [0, 0.1) is 34.6 Å². The van der Waals surface area contributed by atoms with Gasteiger partial charge in [0, 0.05) is 7.05 Å². The lowest BCUT2D eigenvalue weighted by molar-refractivity contribution is -0.173. The van der Waals surface area contributed by atoms with E-state index in [0.717, 1.165) is 58.7 Å². The summed E-state index contributed by atoms with van der Waals surface area (Å²) in [5.74, 6) is -5.18. The van der Waals surface area contributed by atoms with Crippen LogP contribution in [0.2, 0.25) is 0 Å². The lowest BCUT2D eigenvalue weighted by Gasteiger charge is -2.33. The summed E-state index contributed by atoms with van der Waals surface area (Å²) in [5, 5.41) is 0. The van der Waals surface area contributed by atoms with Gasteiger partial charge < -0.3 is 0 Å². The minimum atomic E-state index is -4.97. The highest BCUT2D eigenvalue weighted by molar-refractivity contribution is 6.35. The Morgan fingerprint density at radius 2 is 0.941 bits per heavy atom. The third kappa shape index (κ3) is 5.34. The number of hydrogen-bond acceptors (Lipinski definition) is 4. The largest absolute Gasteiger partial charge is 0.402 e. The van der Waals surface area contributed by atoms with Gasteiger partial charge in [0.05, 0.1) is 27.9 Å². The molecule has 0 saturated heterocycles. The molecule has 2 heterocycles. The van der Waals surface area contributed by atoms with E-state index in [-0.39, 0.29) is 55.8 Å². The molecule has 4 aromatic rings. The highest BCUT2D eigenvalue weighted by atomic mass is 19.4. The van der Waals surface area contributed by atoms with E-state index in [4.69, 9.17) is 0 Å². The Bertz CT molecular complexity index is 2170. The molecule has 264 valence electrons. The number of fused-ring (bicyclic) bond motifs is 2. The second-order valence-electron chi connectivity index (χ2n) is 13.5. The first-order valence-electron chi connectivity index (χ1n) is 15.9. The zero-order valence-electron chi connectivity index (χ0n) is 28.6. The summed E-state index contributed by atoms with van der Waals surface area (Å²) in [5.41, 5.74) is -1.63. The minimum absolute atomic E-state index is 0.0354. The van der Waals surface area contributed by atoms with Crippen LogP contribution in [0.15, 0.2) is 60.7 Å². The number of halogens is 6. The van der Waals surface area contributed by atoms with Gasteiger partial charge in [0.15, 0.2) is 0 Å². The topological polar surface area (TPSA) is 74.8 Å². The Hall–Kier alpha value is -5.26. The van der Waals surface area contributed by atoms with Crippen molar-refractivity contribution in [1.82, 2.24) is 4.90 Å². The molecule has 0 radical (unpaired) electrons. The van der Waals surface area contributed by atoms with Gasteiger partial charge in [-0.05, 0) is 116 Å². The standard InChI is InChI=1S/C39H32F6N2O4/c1-18-12-23(13-19(2)22(18)5)31(38(40,41)42)24-14-20(3)32(21(4)15-24)47-35(50)28-11-9-26(17-30(28)36(47)51)37(6,39(43,44)45)25-8-10-27-29(16-25)34(49)46(7)33(27)48/h8-17,31H,1-7H3. The summed E-state index contributed by atoms with van der Waals surface area (Å²) in [4.78, 5) is 54.2. The average molecular weight is 707 g/mol. The molecule has 2 atom stereocenters. The van der Waals surface area contributed by atoms with Crippen LogP contribution in [0.1, 0.15) is 104 Å². The number of benzene rings is 4. The van der Waals surface area contributed by atoms with Crippen molar-refractivity contribution in [3.8, 4) is 0 Å². The molecule has 4 aromatic carbocycles. The van der Waals surface area contributed by atoms with Crippen LogP contribution in [0.3, 0.4) is 0 Å². The number of carbonyl (C=O) groups is 4. The van der Waals surface area contributed by atoms with Crippen molar-refractivity contribution in [2.24, 2.45) is 0 Å². The molecule has 0 saturated carbocycles. The third-order valence-corrected chi connectivity index (χ3v) is 10.4. The summed E-state index contributed by atoms with van der Waals surface area (Å²) in [7, 11) is 1.22. The van der Waals surface area contributed by atoms with E-state index in [0.29, 0.717) is 11.1 Å². The molecular weight excluding hydrogens is 674 g/mol. The SMILES string of the molecule is Cc1cc(C(c2cc(C)c(N3C(=O)c4ccc(C(C)(c5ccc6c(c5)C(=O)N(C)C6=O)C(F)(F)F)cc4C3=O)c(C)c2)C(F)(F)F)cc(C)c1C. The van der Waals surface area contributed by atoms with Crippen LogP contribution in [0.5, 0.6) is 0 Å². The highest BCUT2D eigenvalue weighted by Gasteiger charge is 2.55. The second kappa shape index (κ2) is 11.6. The molecular formula is C39H32F6N2O4. The Labute approximate surface area is 289 Å². The summed E-state index contributed by atoms with van der Waals surface area (Å²) >= 11 is 0. The van der Waals surface area contributed by atoms with Crippen molar-refractivity contribution in [3.05, 3.63) is 133 Å². The summed E-state index contributed by atoms with van der Waals surface area (Å²) in [6, 6.07) is 12.0. The van der Waals surface area contributed by atoms with Gasteiger partial charge in [0.25, 0.3) is 23.6 Å². The van der Waals surface area contributed by atoms with E-state index >= 15 is 13.2 Å². The molecule has 51 heavy (non-hydrogen) atoms. The fourth-order valence-corrected chi connectivity index (χ4v) is 7.24. The number of imide groups is 2. The molecule has 2 unspecified atom stereocenters. The van der Waals surface area contributed by atoms with E-state index in [1.807, 2.05) is 6.92 Å². The quantitative estimate of drug-likeness (QED) is 0.154. The maximum Gasteiger partial charge on any atom is 0.402 e. The lowest BCUT2D eigenvalue weighted by Crippen LogP contribution is -2.41. The Morgan fingerprint density at radius 1 is 0.549 bits per heavy atom.